The normalized spacial score (nSPS) is 10.6. The van der Waals surface area contributed by atoms with Gasteiger partial charge < -0.3 is 9.63 Å². The number of rotatable bonds is 2. The van der Waals surface area contributed by atoms with E-state index in [2.05, 4.69) is 26.1 Å². The fraction of sp³-hybridized carbons (Fsp3) is 0. The van der Waals surface area contributed by atoms with Crippen molar-refractivity contribution >= 4 is 15.9 Å². The average molecular weight is 317 g/mol. The Morgan fingerprint density at radius 2 is 1.84 bits per heavy atom. The molecule has 0 aliphatic carbocycles. The smallest absolute Gasteiger partial charge is 0.261 e. The zero-order valence-electron chi connectivity index (χ0n) is 9.75. The average Bonchev–Trinajstić information content (AvgIpc) is 2.89. The molecule has 0 aliphatic heterocycles. The van der Waals surface area contributed by atoms with E-state index in [4.69, 9.17) is 4.52 Å². The van der Waals surface area contributed by atoms with Crippen LogP contribution in [0.5, 0.6) is 5.75 Å². The Morgan fingerprint density at radius 1 is 1.05 bits per heavy atom. The molecule has 0 spiro atoms. The number of halogens is 1. The van der Waals surface area contributed by atoms with Crippen LogP contribution in [0.2, 0.25) is 0 Å². The third kappa shape index (κ3) is 2.37. The highest BCUT2D eigenvalue weighted by atomic mass is 79.9. The summed E-state index contributed by atoms with van der Waals surface area (Å²) in [5.41, 5.74) is 1.38. The van der Waals surface area contributed by atoms with E-state index in [9.17, 15) is 5.11 Å². The van der Waals surface area contributed by atoms with Gasteiger partial charge in [-0.25, -0.2) is 0 Å². The predicted molar refractivity (Wildman–Crippen MR) is 74.5 cm³/mol. The molecule has 0 unspecified atom stereocenters. The van der Waals surface area contributed by atoms with Gasteiger partial charge in [-0.05, 0) is 18.2 Å². The molecule has 3 aromatic rings. The van der Waals surface area contributed by atoms with Gasteiger partial charge >= 0.3 is 0 Å². The summed E-state index contributed by atoms with van der Waals surface area (Å²) in [6, 6.07) is 14.6. The van der Waals surface area contributed by atoms with Crippen LogP contribution < -0.4 is 0 Å². The number of aromatic hydroxyl groups is 1. The van der Waals surface area contributed by atoms with Crippen LogP contribution in [-0.2, 0) is 0 Å². The zero-order chi connectivity index (χ0) is 13.2. The minimum Gasteiger partial charge on any atom is -0.507 e. The summed E-state index contributed by atoms with van der Waals surface area (Å²) in [7, 11) is 0. The summed E-state index contributed by atoms with van der Waals surface area (Å²) >= 11 is 3.28. The van der Waals surface area contributed by atoms with Gasteiger partial charge in [0.1, 0.15) is 5.75 Å². The van der Waals surface area contributed by atoms with E-state index < -0.39 is 0 Å². The van der Waals surface area contributed by atoms with E-state index in [0.717, 1.165) is 10.0 Å². The van der Waals surface area contributed by atoms with E-state index in [1.165, 1.54) is 0 Å². The Balaban J connectivity index is 2.02. The van der Waals surface area contributed by atoms with Crippen molar-refractivity contribution in [3.63, 3.8) is 0 Å². The van der Waals surface area contributed by atoms with Gasteiger partial charge in [-0.1, -0.05) is 51.4 Å². The fourth-order valence-electron chi connectivity index (χ4n) is 1.72. The Hall–Kier alpha value is -2.14. The van der Waals surface area contributed by atoms with Crippen LogP contribution in [0.25, 0.3) is 22.8 Å². The summed E-state index contributed by atoms with van der Waals surface area (Å²) in [4.78, 5) is 4.29. The molecular formula is C14H9BrN2O2. The highest BCUT2D eigenvalue weighted by molar-refractivity contribution is 9.10. The summed E-state index contributed by atoms with van der Waals surface area (Å²) in [5, 5.41) is 13.8. The molecule has 4 nitrogen and oxygen atoms in total. The highest BCUT2D eigenvalue weighted by Gasteiger charge is 2.13. The number of hydrogen-bond donors (Lipinski definition) is 1. The third-order valence-electron chi connectivity index (χ3n) is 2.65. The predicted octanol–water partition coefficient (Wildman–Crippen LogP) is 3.87. The number of hydrogen-bond acceptors (Lipinski definition) is 4. The Labute approximate surface area is 117 Å². The SMILES string of the molecule is Oc1cc(Br)ccc1-c1nc(-c2ccccc2)no1. The summed E-state index contributed by atoms with van der Waals surface area (Å²) in [6.07, 6.45) is 0. The first kappa shape index (κ1) is 11.9. The molecular weight excluding hydrogens is 308 g/mol. The largest absolute Gasteiger partial charge is 0.507 e. The molecule has 94 valence electrons. The summed E-state index contributed by atoms with van der Waals surface area (Å²) in [5.74, 6) is 0.888. The highest BCUT2D eigenvalue weighted by Crippen LogP contribution is 2.31. The van der Waals surface area contributed by atoms with E-state index in [0.29, 0.717) is 17.3 Å². The standard InChI is InChI=1S/C14H9BrN2O2/c15-10-6-7-11(12(18)8-10)14-16-13(17-19-14)9-4-2-1-3-5-9/h1-8,18H. The molecule has 0 saturated heterocycles. The molecule has 0 amide bonds. The molecule has 3 rings (SSSR count). The maximum absolute atomic E-state index is 9.87. The Kier molecular flexibility index (Phi) is 3.05. The first-order valence-corrected chi connectivity index (χ1v) is 6.41. The van der Waals surface area contributed by atoms with Crippen molar-refractivity contribution in [3.05, 3.63) is 53.0 Å². The minimum absolute atomic E-state index is 0.0950. The van der Waals surface area contributed by atoms with Gasteiger partial charge in [-0.3, -0.25) is 0 Å². The van der Waals surface area contributed by atoms with Crippen LogP contribution in [0.3, 0.4) is 0 Å². The Morgan fingerprint density at radius 3 is 2.58 bits per heavy atom. The maximum atomic E-state index is 9.87. The van der Waals surface area contributed by atoms with E-state index in [1.807, 2.05) is 30.3 Å². The molecule has 0 aliphatic rings. The quantitative estimate of drug-likeness (QED) is 0.779. The minimum atomic E-state index is 0.0950. The second kappa shape index (κ2) is 4.85. The lowest BCUT2D eigenvalue weighted by atomic mass is 10.2. The molecule has 1 N–H and O–H groups in total. The van der Waals surface area contributed by atoms with Crippen LogP contribution in [0.15, 0.2) is 57.5 Å². The van der Waals surface area contributed by atoms with Crippen molar-refractivity contribution < 1.29 is 9.63 Å². The van der Waals surface area contributed by atoms with Gasteiger partial charge in [0, 0.05) is 10.0 Å². The van der Waals surface area contributed by atoms with E-state index in [-0.39, 0.29) is 5.75 Å². The molecule has 19 heavy (non-hydrogen) atoms. The Bertz CT molecular complexity index is 710. The lowest BCUT2D eigenvalue weighted by molar-refractivity contribution is 0.425. The summed E-state index contributed by atoms with van der Waals surface area (Å²) < 4.78 is 5.98. The molecule has 0 fully saturated rings. The van der Waals surface area contributed by atoms with Gasteiger partial charge in [0.25, 0.3) is 5.89 Å². The number of aromatic nitrogens is 2. The topological polar surface area (TPSA) is 59.2 Å². The summed E-state index contributed by atoms with van der Waals surface area (Å²) in [6.45, 7) is 0. The van der Waals surface area contributed by atoms with Crippen molar-refractivity contribution in [1.29, 1.82) is 0 Å². The zero-order valence-corrected chi connectivity index (χ0v) is 11.3. The molecule has 5 heteroatoms. The number of phenolic OH excluding ortho intramolecular Hbond substituents is 1. The van der Waals surface area contributed by atoms with E-state index >= 15 is 0 Å². The van der Waals surface area contributed by atoms with Crippen LogP contribution >= 0.6 is 15.9 Å². The fourth-order valence-corrected chi connectivity index (χ4v) is 2.07. The second-order valence-electron chi connectivity index (χ2n) is 3.95. The molecule has 0 saturated carbocycles. The van der Waals surface area contributed by atoms with Gasteiger partial charge in [-0.2, -0.15) is 4.98 Å². The van der Waals surface area contributed by atoms with Crippen molar-refractivity contribution in [2.24, 2.45) is 0 Å². The number of benzene rings is 2. The first-order chi connectivity index (χ1) is 9.24. The van der Waals surface area contributed by atoms with Crippen molar-refractivity contribution in [3.8, 4) is 28.6 Å². The third-order valence-corrected chi connectivity index (χ3v) is 3.14. The molecule has 0 radical (unpaired) electrons. The molecule has 1 heterocycles. The van der Waals surface area contributed by atoms with Gasteiger partial charge in [-0.15, -0.1) is 0 Å². The van der Waals surface area contributed by atoms with Crippen LogP contribution in [-0.4, -0.2) is 15.2 Å². The number of nitrogens with zero attached hydrogens (tertiary/aromatic N) is 2. The lowest BCUT2D eigenvalue weighted by Crippen LogP contribution is -1.81. The maximum Gasteiger partial charge on any atom is 0.261 e. The second-order valence-corrected chi connectivity index (χ2v) is 4.87. The van der Waals surface area contributed by atoms with Crippen molar-refractivity contribution in [2.75, 3.05) is 0 Å². The molecule has 0 atom stereocenters. The van der Waals surface area contributed by atoms with Gasteiger partial charge in [0.05, 0.1) is 5.56 Å². The molecule has 2 aromatic carbocycles. The van der Waals surface area contributed by atoms with Gasteiger partial charge in [0.2, 0.25) is 5.82 Å². The van der Waals surface area contributed by atoms with Crippen molar-refractivity contribution in [2.45, 2.75) is 0 Å². The monoisotopic (exact) mass is 316 g/mol. The van der Waals surface area contributed by atoms with Crippen LogP contribution in [0.4, 0.5) is 0 Å². The molecule has 1 aromatic heterocycles. The van der Waals surface area contributed by atoms with Crippen LogP contribution in [0.1, 0.15) is 0 Å². The van der Waals surface area contributed by atoms with E-state index in [1.54, 1.807) is 18.2 Å². The van der Waals surface area contributed by atoms with Crippen molar-refractivity contribution in [1.82, 2.24) is 10.1 Å². The molecule has 0 bridgehead atoms. The lowest BCUT2D eigenvalue weighted by Gasteiger charge is -1.99. The number of phenols is 1. The van der Waals surface area contributed by atoms with Crippen LogP contribution in [0, 0.1) is 0 Å². The van der Waals surface area contributed by atoms with Gasteiger partial charge in [0.15, 0.2) is 0 Å². The first-order valence-electron chi connectivity index (χ1n) is 5.62.